The highest BCUT2D eigenvalue weighted by Gasteiger charge is 2.29. The minimum atomic E-state index is -0.512. The van der Waals surface area contributed by atoms with Crippen LogP contribution < -0.4 is 15.8 Å². The van der Waals surface area contributed by atoms with Crippen molar-refractivity contribution >= 4 is 45.2 Å². The first-order chi connectivity index (χ1) is 13.1. The zero-order valence-corrected chi connectivity index (χ0v) is 15.3. The van der Waals surface area contributed by atoms with Gasteiger partial charge >= 0.3 is 0 Å². The molecule has 0 atom stereocenters. The molecular weight excluding hydrogens is 362 g/mol. The predicted octanol–water partition coefficient (Wildman–Crippen LogP) is 2.47. The van der Waals surface area contributed by atoms with E-state index >= 15 is 0 Å². The molecule has 3 heterocycles. The van der Waals surface area contributed by atoms with E-state index in [4.69, 9.17) is 0 Å². The number of benzene rings is 2. The Labute approximate surface area is 158 Å². The monoisotopic (exact) mass is 377 g/mol. The van der Waals surface area contributed by atoms with Crippen molar-refractivity contribution in [1.29, 1.82) is 0 Å². The minimum Gasteiger partial charge on any atom is -0.320 e. The van der Waals surface area contributed by atoms with Gasteiger partial charge in [-0.2, -0.15) is 0 Å². The Morgan fingerprint density at radius 1 is 1.22 bits per heavy atom. The van der Waals surface area contributed by atoms with Crippen molar-refractivity contribution in [3.8, 4) is 0 Å². The largest absolute Gasteiger partial charge is 0.320 e. The van der Waals surface area contributed by atoms with Crippen LogP contribution >= 0.6 is 11.8 Å². The average Bonchev–Trinajstić information content (AvgIpc) is 3.26. The minimum absolute atomic E-state index is 0.116. The lowest BCUT2D eigenvalue weighted by Crippen LogP contribution is -2.29. The second kappa shape index (κ2) is 5.95. The number of anilines is 2. The van der Waals surface area contributed by atoms with Crippen LogP contribution in [0.4, 0.5) is 11.4 Å². The molecule has 0 spiro atoms. The summed E-state index contributed by atoms with van der Waals surface area (Å²) >= 11 is 1.63. The molecule has 7 nitrogen and oxygen atoms in total. The maximum Gasteiger partial charge on any atom is 0.282 e. The fourth-order valence-electron chi connectivity index (χ4n) is 3.35. The quantitative estimate of drug-likeness (QED) is 0.742. The number of aliphatic imine (C=N–C) groups is 1. The number of nitrogens with zero attached hydrogens (tertiary/aromatic N) is 4. The molecular formula is C19H15N5O2S. The van der Waals surface area contributed by atoms with E-state index in [2.05, 4.69) is 20.2 Å². The molecule has 8 heteroatoms. The van der Waals surface area contributed by atoms with E-state index in [0.29, 0.717) is 16.7 Å². The van der Waals surface area contributed by atoms with Crippen LogP contribution in [0, 0.1) is 0 Å². The lowest BCUT2D eigenvalue weighted by atomic mass is 10.2. The number of hydrogen-bond donors (Lipinski definition) is 1. The van der Waals surface area contributed by atoms with E-state index in [0.717, 1.165) is 28.8 Å². The summed E-state index contributed by atoms with van der Waals surface area (Å²) < 4.78 is 1.45. The number of hydrogen-bond acceptors (Lipinski definition) is 6. The molecule has 0 aliphatic carbocycles. The summed E-state index contributed by atoms with van der Waals surface area (Å²) in [4.78, 5) is 37.3. The van der Waals surface area contributed by atoms with Gasteiger partial charge in [-0.25, -0.2) is 4.98 Å². The lowest BCUT2D eigenvalue weighted by molar-refractivity contribution is 0.102. The molecule has 1 N–H and O–H groups in total. The third kappa shape index (κ3) is 2.52. The fraction of sp³-hybridized carbons (Fsp3) is 0.158. The number of aryl methyl sites for hydroxylation is 1. The molecule has 2 aliphatic heterocycles. The molecule has 0 bridgehead atoms. The summed E-state index contributed by atoms with van der Waals surface area (Å²) in [7, 11) is 1.64. The Bertz CT molecular complexity index is 1200. The van der Waals surface area contributed by atoms with Crippen molar-refractivity contribution in [3.63, 3.8) is 0 Å². The Morgan fingerprint density at radius 3 is 2.96 bits per heavy atom. The van der Waals surface area contributed by atoms with Crippen molar-refractivity contribution in [3.05, 3.63) is 58.5 Å². The second-order valence-electron chi connectivity index (χ2n) is 6.37. The summed E-state index contributed by atoms with van der Waals surface area (Å²) in [6.07, 6.45) is 0. The van der Waals surface area contributed by atoms with Crippen molar-refractivity contribution in [2.75, 3.05) is 23.3 Å². The van der Waals surface area contributed by atoms with Gasteiger partial charge in [0.2, 0.25) is 0 Å². The van der Waals surface area contributed by atoms with Crippen LogP contribution in [0.15, 0.2) is 57.1 Å². The topological polar surface area (TPSA) is 79.6 Å². The van der Waals surface area contributed by atoms with Gasteiger partial charge in [0.05, 0.1) is 23.3 Å². The molecule has 0 saturated carbocycles. The Hall–Kier alpha value is -3.13. The van der Waals surface area contributed by atoms with Crippen LogP contribution in [0.2, 0.25) is 0 Å². The van der Waals surface area contributed by atoms with E-state index in [1.165, 1.54) is 4.57 Å². The molecule has 0 fully saturated rings. The van der Waals surface area contributed by atoms with E-state index < -0.39 is 11.5 Å². The summed E-state index contributed by atoms with van der Waals surface area (Å²) in [6, 6.07) is 13.0. The Kier molecular flexibility index (Phi) is 3.54. The van der Waals surface area contributed by atoms with Crippen molar-refractivity contribution in [1.82, 2.24) is 9.55 Å². The third-order valence-corrected chi connectivity index (χ3v) is 5.81. The van der Waals surface area contributed by atoms with Gasteiger partial charge in [0.25, 0.3) is 11.5 Å². The van der Waals surface area contributed by atoms with Gasteiger partial charge in [-0.05, 0) is 42.1 Å². The highest BCUT2D eigenvalue weighted by Crippen LogP contribution is 2.43. The molecule has 1 amide bonds. The van der Waals surface area contributed by atoms with Gasteiger partial charge in [-0.15, -0.1) is 0 Å². The van der Waals surface area contributed by atoms with E-state index in [9.17, 15) is 9.59 Å². The average molecular weight is 377 g/mol. The van der Waals surface area contributed by atoms with Crippen LogP contribution in [-0.4, -0.2) is 33.7 Å². The molecule has 27 heavy (non-hydrogen) atoms. The maximum atomic E-state index is 12.7. The molecule has 134 valence electrons. The Balaban J connectivity index is 1.49. The molecule has 0 radical (unpaired) electrons. The van der Waals surface area contributed by atoms with Crippen LogP contribution in [0.5, 0.6) is 0 Å². The van der Waals surface area contributed by atoms with E-state index in [1.54, 1.807) is 30.9 Å². The van der Waals surface area contributed by atoms with Crippen LogP contribution in [0.1, 0.15) is 10.5 Å². The number of carbonyl (C=O) groups excluding carboxylic acids is 1. The van der Waals surface area contributed by atoms with Crippen LogP contribution in [-0.2, 0) is 7.05 Å². The predicted molar refractivity (Wildman–Crippen MR) is 107 cm³/mol. The molecule has 1 aromatic heterocycles. The number of carbonyl (C=O) groups is 1. The number of fused-ring (bicyclic) bond motifs is 4. The van der Waals surface area contributed by atoms with Gasteiger partial charge < -0.3 is 14.8 Å². The number of amides is 1. The molecule has 5 rings (SSSR count). The Morgan fingerprint density at radius 2 is 2.07 bits per heavy atom. The SMILES string of the molecule is Cn1c(=O)c(C(=O)Nc2ccc3c(c2)N2CCN=C2S3)nc2ccccc21. The van der Waals surface area contributed by atoms with Gasteiger partial charge in [-0.3, -0.25) is 14.6 Å². The van der Waals surface area contributed by atoms with Gasteiger partial charge in [0, 0.05) is 24.2 Å². The zero-order valence-electron chi connectivity index (χ0n) is 14.5. The van der Waals surface area contributed by atoms with E-state index in [-0.39, 0.29) is 5.69 Å². The fourth-order valence-corrected chi connectivity index (χ4v) is 4.41. The highest BCUT2D eigenvalue weighted by molar-refractivity contribution is 8.14. The second-order valence-corrected chi connectivity index (χ2v) is 7.38. The van der Waals surface area contributed by atoms with Gasteiger partial charge in [0.15, 0.2) is 10.9 Å². The summed E-state index contributed by atoms with van der Waals surface area (Å²) in [5, 5.41) is 3.81. The number of amidine groups is 1. The normalized spacial score (nSPS) is 14.9. The number of thioether (sulfide) groups is 1. The number of nitrogens with one attached hydrogen (secondary N) is 1. The number of aromatic nitrogens is 2. The van der Waals surface area contributed by atoms with Crippen LogP contribution in [0.3, 0.4) is 0 Å². The first-order valence-electron chi connectivity index (χ1n) is 8.53. The molecule has 0 unspecified atom stereocenters. The number of para-hydroxylation sites is 2. The lowest BCUT2D eigenvalue weighted by Gasteiger charge is -2.14. The molecule has 3 aromatic rings. The first-order valence-corrected chi connectivity index (χ1v) is 9.34. The molecule has 2 aliphatic rings. The zero-order chi connectivity index (χ0) is 18.5. The van der Waals surface area contributed by atoms with E-state index in [1.807, 2.05) is 30.3 Å². The molecule has 2 aromatic carbocycles. The first kappa shape index (κ1) is 16.1. The summed E-state index contributed by atoms with van der Waals surface area (Å²) in [5.41, 5.74) is 2.42. The molecule has 0 saturated heterocycles. The van der Waals surface area contributed by atoms with Gasteiger partial charge in [0.1, 0.15) is 0 Å². The third-order valence-electron chi connectivity index (χ3n) is 4.71. The smallest absolute Gasteiger partial charge is 0.282 e. The highest BCUT2D eigenvalue weighted by atomic mass is 32.2. The van der Waals surface area contributed by atoms with Gasteiger partial charge in [-0.1, -0.05) is 12.1 Å². The standard InChI is InChI=1S/C19H15N5O2S/c1-23-13-5-3-2-4-12(13)22-16(18(23)26)17(25)21-11-6-7-15-14(10-11)24-9-8-20-19(24)27-15/h2-7,10H,8-9H2,1H3,(H,21,25). The summed E-state index contributed by atoms with van der Waals surface area (Å²) in [6.45, 7) is 1.63. The maximum absolute atomic E-state index is 12.7. The van der Waals surface area contributed by atoms with Crippen molar-refractivity contribution in [2.24, 2.45) is 12.0 Å². The van der Waals surface area contributed by atoms with Crippen LogP contribution in [0.25, 0.3) is 11.0 Å². The summed E-state index contributed by atoms with van der Waals surface area (Å²) in [5.74, 6) is -0.512. The van der Waals surface area contributed by atoms with Crippen molar-refractivity contribution < 1.29 is 4.79 Å². The number of rotatable bonds is 2. The van der Waals surface area contributed by atoms with Crippen molar-refractivity contribution in [2.45, 2.75) is 4.90 Å².